The van der Waals surface area contributed by atoms with E-state index in [1.54, 1.807) is 18.2 Å². The summed E-state index contributed by atoms with van der Waals surface area (Å²) in [6.45, 7) is 4.69. The summed E-state index contributed by atoms with van der Waals surface area (Å²) in [5, 5.41) is 9.36. The highest BCUT2D eigenvalue weighted by atomic mass is 32.2. The summed E-state index contributed by atoms with van der Waals surface area (Å²) in [7, 11) is -3.66. The van der Waals surface area contributed by atoms with Crippen LogP contribution in [0.1, 0.15) is 18.4 Å². The molecule has 2 aromatic rings. The van der Waals surface area contributed by atoms with Crippen LogP contribution in [0.3, 0.4) is 0 Å². The Labute approximate surface area is 200 Å². The normalized spacial score (nSPS) is 19.0. The van der Waals surface area contributed by atoms with Crippen molar-refractivity contribution in [1.82, 2.24) is 4.31 Å². The van der Waals surface area contributed by atoms with Crippen molar-refractivity contribution in [2.75, 3.05) is 62.0 Å². The number of sulfonamides is 1. The maximum absolute atomic E-state index is 13.2. The summed E-state index contributed by atoms with van der Waals surface area (Å²) >= 11 is 0. The summed E-state index contributed by atoms with van der Waals surface area (Å²) in [4.78, 5) is 12.8. The van der Waals surface area contributed by atoms with Gasteiger partial charge in [-0.15, -0.1) is 0 Å². The van der Waals surface area contributed by atoms with Crippen LogP contribution in [0.5, 0.6) is 0 Å². The molecule has 4 rings (SSSR count). The minimum atomic E-state index is -3.66. The van der Waals surface area contributed by atoms with Gasteiger partial charge in [0.05, 0.1) is 42.1 Å². The number of anilines is 3. The van der Waals surface area contributed by atoms with E-state index < -0.39 is 10.0 Å². The Morgan fingerprint density at radius 3 is 2.56 bits per heavy atom. The number of amides is 1. The molecule has 0 aromatic heterocycles. The first-order valence-corrected chi connectivity index (χ1v) is 13.0. The molecule has 0 unspecified atom stereocenters. The molecular formula is C24H32N4O5S. The van der Waals surface area contributed by atoms with Crippen molar-refractivity contribution in [3.05, 3.63) is 48.0 Å². The second-order valence-electron chi connectivity index (χ2n) is 8.46. The average Bonchev–Trinajstić information content (AvgIpc) is 3.37. The fourth-order valence-corrected chi connectivity index (χ4v) is 5.47. The number of aryl methyl sites for hydroxylation is 1. The van der Waals surface area contributed by atoms with Crippen molar-refractivity contribution in [1.29, 1.82) is 0 Å². The average molecular weight is 489 g/mol. The Balaban J connectivity index is 1.50. The predicted molar refractivity (Wildman–Crippen MR) is 132 cm³/mol. The van der Waals surface area contributed by atoms with E-state index >= 15 is 0 Å². The number of benzene rings is 2. The summed E-state index contributed by atoms with van der Waals surface area (Å²) in [6, 6.07) is 12.5. The molecule has 3 N–H and O–H groups in total. The molecule has 0 radical (unpaired) electrons. The Morgan fingerprint density at radius 1 is 1.03 bits per heavy atom. The molecule has 2 saturated heterocycles. The van der Waals surface area contributed by atoms with Gasteiger partial charge in [-0.05, 0) is 49.6 Å². The first-order valence-electron chi connectivity index (χ1n) is 11.6. The van der Waals surface area contributed by atoms with Gasteiger partial charge in [-0.25, -0.2) is 8.42 Å². The molecule has 0 spiro atoms. The smallest absolute Gasteiger partial charge is 0.243 e. The fourth-order valence-electron chi connectivity index (χ4n) is 4.03. The lowest BCUT2D eigenvalue weighted by atomic mass is 10.2. The van der Waals surface area contributed by atoms with Gasteiger partial charge in [-0.1, -0.05) is 18.2 Å². The van der Waals surface area contributed by atoms with Crippen molar-refractivity contribution < 1.29 is 22.7 Å². The van der Waals surface area contributed by atoms with Crippen molar-refractivity contribution >= 4 is 33.0 Å². The molecule has 0 bridgehead atoms. The third kappa shape index (κ3) is 6.06. The lowest BCUT2D eigenvalue weighted by Gasteiger charge is -2.26. The lowest BCUT2D eigenvalue weighted by molar-refractivity contribution is -0.114. The van der Waals surface area contributed by atoms with Crippen LogP contribution in [0.4, 0.5) is 17.1 Å². The fraction of sp³-hybridized carbons (Fsp3) is 0.458. The zero-order valence-corrected chi connectivity index (χ0v) is 20.2. The highest BCUT2D eigenvalue weighted by Crippen LogP contribution is 2.28. The van der Waals surface area contributed by atoms with Crippen LogP contribution in [0.25, 0.3) is 0 Å². The standard InChI is InChI=1S/C24H32N4O5S/c1-18-5-2-3-7-21(18)27-24(29)17-26-23-15-20(34(30,31)28-10-13-32-14-11-28)8-9-22(23)25-16-19-6-4-12-33-19/h2-3,5,7-9,15,19,25-26H,4,6,10-14,16-17H2,1H3,(H,27,29)/t19-/m1/s1. The zero-order valence-electron chi connectivity index (χ0n) is 19.4. The number of nitrogens with zero attached hydrogens (tertiary/aromatic N) is 1. The number of hydrogen-bond acceptors (Lipinski definition) is 7. The van der Waals surface area contributed by atoms with Crippen LogP contribution < -0.4 is 16.0 Å². The van der Waals surface area contributed by atoms with Gasteiger partial charge in [0, 0.05) is 31.9 Å². The van der Waals surface area contributed by atoms with E-state index in [2.05, 4.69) is 16.0 Å². The van der Waals surface area contributed by atoms with Gasteiger partial charge >= 0.3 is 0 Å². The lowest BCUT2D eigenvalue weighted by Crippen LogP contribution is -2.40. The quantitative estimate of drug-likeness (QED) is 0.498. The molecule has 1 amide bonds. The highest BCUT2D eigenvalue weighted by Gasteiger charge is 2.27. The van der Waals surface area contributed by atoms with E-state index in [0.717, 1.165) is 36.4 Å². The molecule has 2 heterocycles. The third-order valence-electron chi connectivity index (χ3n) is 6.00. The monoisotopic (exact) mass is 488 g/mol. The van der Waals surface area contributed by atoms with E-state index in [0.29, 0.717) is 38.5 Å². The Hall–Kier alpha value is -2.66. The van der Waals surface area contributed by atoms with Crippen LogP contribution in [0.15, 0.2) is 47.4 Å². The predicted octanol–water partition coefficient (Wildman–Crippen LogP) is 2.66. The minimum Gasteiger partial charge on any atom is -0.381 e. The van der Waals surface area contributed by atoms with Gasteiger partial charge in [0.15, 0.2) is 0 Å². The number of morpholine rings is 1. The Bertz CT molecular complexity index is 1100. The van der Waals surface area contributed by atoms with Gasteiger partial charge in [-0.2, -0.15) is 4.31 Å². The van der Waals surface area contributed by atoms with Crippen LogP contribution in [0.2, 0.25) is 0 Å². The van der Waals surface area contributed by atoms with Crippen LogP contribution >= 0.6 is 0 Å². The molecule has 2 fully saturated rings. The minimum absolute atomic E-state index is 0.00992. The number of ether oxygens (including phenoxy) is 2. The molecule has 10 heteroatoms. The molecular weight excluding hydrogens is 456 g/mol. The molecule has 0 saturated carbocycles. The molecule has 2 aromatic carbocycles. The summed E-state index contributed by atoms with van der Waals surface area (Å²) in [5.41, 5.74) is 2.98. The maximum Gasteiger partial charge on any atom is 0.243 e. The maximum atomic E-state index is 13.2. The number of nitrogens with one attached hydrogen (secondary N) is 3. The van der Waals surface area contributed by atoms with Crippen LogP contribution in [0, 0.1) is 6.92 Å². The topological polar surface area (TPSA) is 109 Å². The molecule has 34 heavy (non-hydrogen) atoms. The molecule has 1 atom stereocenters. The number of carbonyl (C=O) groups excluding carboxylic acids is 1. The summed E-state index contributed by atoms with van der Waals surface area (Å²) < 4.78 is 38.7. The second kappa shape index (κ2) is 11.2. The number of para-hydroxylation sites is 1. The molecule has 184 valence electrons. The second-order valence-corrected chi connectivity index (χ2v) is 10.4. The first kappa shape index (κ1) is 24.5. The Morgan fingerprint density at radius 2 is 1.82 bits per heavy atom. The van der Waals surface area contributed by atoms with E-state index in [-0.39, 0.29) is 23.5 Å². The molecule has 9 nitrogen and oxygen atoms in total. The Kier molecular flexibility index (Phi) is 8.04. The van der Waals surface area contributed by atoms with Crippen molar-refractivity contribution in [3.8, 4) is 0 Å². The number of carbonyl (C=O) groups is 1. The van der Waals surface area contributed by atoms with E-state index in [1.807, 2.05) is 31.2 Å². The van der Waals surface area contributed by atoms with E-state index in [4.69, 9.17) is 9.47 Å². The van der Waals surface area contributed by atoms with Gasteiger partial charge < -0.3 is 25.4 Å². The van der Waals surface area contributed by atoms with Crippen LogP contribution in [-0.4, -0.2) is 70.7 Å². The van der Waals surface area contributed by atoms with Crippen molar-refractivity contribution in [2.24, 2.45) is 0 Å². The van der Waals surface area contributed by atoms with Crippen molar-refractivity contribution in [2.45, 2.75) is 30.8 Å². The molecule has 0 aliphatic carbocycles. The number of hydrogen-bond donors (Lipinski definition) is 3. The van der Waals surface area contributed by atoms with E-state index in [9.17, 15) is 13.2 Å². The van der Waals surface area contributed by atoms with Gasteiger partial charge in [0.2, 0.25) is 15.9 Å². The van der Waals surface area contributed by atoms with Gasteiger partial charge in [-0.3, -0.25) is 4.79 Å². The number of rotatable bonds is 9. The molecule has 2 aliphatic heterocycles. The zero-order chi connectivity index (χ0) is 24.0. The molecule has 2 aliphatic rings. The summed E-state index contributed by atoms with van der Waals surface area (Å²) in [5.74, 6) is -0.221. The van der Waals surface area contributed by atoms with Crippen LogP contribution in [-0.2, 0) is 24.3 Å². The first-order chi connectivity index (χ1) is 16.4. The van der Waals surface area contributed by atoms with Crippen molar-refractivity contribution in [3.63, 3.8) is 0 Å². The summed E-state index contributed by atoms with van der Waals surface area (Å²) in [6.07, 6.45) is 2.14. The van der Waals surface area contributed by atoms with Gasteiger partial charge in [0.1, 0.15) is 0 Å². The largest absolute Gasteiger partial charge is 0.381 e. The SMILES string of the molecule is Cc1ccccc1NC(=O)CNc1cc(S(=O)(=O)N2CCOCC2)ccc1NC[C@H]1CCCO1. The van der Waals surface area contributed by atoms with Gasteiger partial charge in [0.25, 0.3) is 0 Å². The third-order valence-corrected chi connectivity index (χ3v) is 7.90. The highest BCUT2D eigenvalue weighted by molar-refractivity contribution is 7.89. The van der Waals surface area contributed by atoms with E-state index in [1.165, 1.54) is 4.31 Å².